The van der Waals surface area contributed by atoms with Crippen molar-refractivity contribution in [2.24, 2.45) is 0 Å². The first-order chi connectivity index (χ1) is 16.9. The van der Waals surface area contributed by atoms with Gasteiger partial charge in [-0.1, -0.05) is 56.8 Å². The van der Waals surface area contributed by atoms with Crippen LogP contribution in [0.3, 0.4) is 0 Å². The van der Waals surface area contributed by atoms with Crippen LogP contribution < -0.4 is 9.47 Å². The second-order valence-electron chi connectivity index (χ2n) is 7.64. The molecule has 0 N–H and O–H groups in total. The van der Waals surface area contributed by atoms with Gasteiger partial charge >= 0.3 is 6.18 Å². The average molecular weight is 531 g/mol. The molecular weight excluding hydrogens is 500 g/mol. The molecule has 0 spiro atoms. The first kappa shape index (κ1) is 31.0. The quantitative estimate of drug-likeness (QED) is 0.139. The first-order valence-electron chi connectivity index (χ1n) is 11.1. The second-order valence-corrected chi connectivity index (χ2v) is 8.07. The van der Waals surface area contributed by atoms with E-state index in [9.17, 15) is 17.6 Å². The Morgan fingerprint density at radius 2 is 1.89 bits per heavy atom. The predicted molar refractivity (Wildman–Crippen MR) is 133 cm³/mol. The summed E-state index contributed by atoms with van der Waals surface area (Å²) in [5.41, 5.74) is 0.228. The summed E-state index contributed by atoms with van der Waals surface area (Å²) in [6.45, 7) is 13.4. The lowest BCUT2D eigenvalue weighted by molar-refractivity contribution is -0.0913. The van der Waals surface area contributed by atoms with E-state index in [-0.39, 0.29) is 35.6 Å². The minimum absolute atomic E-state index is 0.0362. The molecule has 5 nitrogen and oxygen atoms in total. The Kier molecular flexibility index (Phi) is 13.0. The van der Waals surface area contributed by atoms with Gasteiger partial charge in [0.05, 0.1) is 11.2 Å². The van der Waals surface area contributed by atoms with Gasteiger partial charge in [-0.3, -0.25) is 0 Å². The number of alkyl halides is 3. The summed E-state index contributed by atoms with van der Waals surface area (Å²) < 4.78 is 69.0. The van der Waals surface area contributed by atoms with Crippen LogP contribution in [0.4, 0.5) is 17.6 Å². The van der Waals surface area contributed by atoms with Gasteiger partial charge in [0, 0.05) is 11.6 Å². The van der Waals surface area contributed by atoms with Gasteiger partial charge in [0.25, 0.3) is 5.88 Å². The predicted octanol–water partition coefficient (Wildman–Crippen LogP) is 7.94. The number of rotatable bonds is 14. The van der Waals surface area contributed by atoms with Gasteiger partial charge in [0.15, 0.2) is 5.75 Å². The van der Waals surface area contributed by atoms with Gasteiger partial charge in [0.2, 0.25) is 0 Å². The minimum Gasteiger partial charge on any atom is -0.490 e. The molecule has 1 aromatic heterocycles. The SMILES string of the molecule is C=C/C(=C\C=C(/C)C(F)(F)F)COC(=C)COc1nnccc1OC(CC)/C(Cl)=C\C(F)=C(/C)CC. The lowest BCUT2D eigenvalue weighted by Crippen LogP contribution is -2.17. The van der Waals surface area contributed by atoms with Crippen molar-refractivity contribution in [3.05, 3.63) is 83.1 Å². The van der Waals surface area contributed by atoms with E-state index in [0.29, 0.717) is 24.0 Å². The van der Waals surface area contributed by atoms with Crippen LogP contribution in [-0.2, 0) is 4.74 Å². The number of halogens is 5. The van der Waals surface area contributed by atoms with E-state index in [2.05, 4.69) is 23.4 Å². The smallest absolute Gasteiger partial charge is 0.412 e. The molecule has 1 atom stereocenters. The molecule has 0 aromatic carbocycles. The molecule has 0 fully saturated rings. The van der Waals surface area contributed by atoms with Crippen LogP contribution in [0.5, 0.6) is 11.6 Å². The van der Waals surface area contributed by atoms with Crippen molar-refractivity contribution in [1.29, 1.82) is 0 Å². The Labute approximate surface area is 214 Å². The number of hydrogen-bond acceptors (Lipinski definition) is 5. The Morgan fingerprint density at radius 3 is 2.47 bits per heavy atom. The highest BCUT2D eigenvalue weighted by Gasteiger charge is 2.29. The van der Waals surface area contributed by atoms with Gasteiger partial charge in [-0.15, -0.1) is 5.10 Å². The van der Waals surface area contributed by atoms with E-state index < -0.39 is 23.7 Å². The Balaban J connectivity index is 2.83. The van der Waals surface area contributed by atoms with Crippen molar-refractivity contribution in [2.75, 3.05) is 13.2 Å². The fraction of sp³-hybridized carbons (Fsp3) is 0.385. The normalized spacial score (nSPS) is 14.6. The number of ether oxygens (including phenoxy) is 3. The average Bonchev–Trinajstić information content (AvgIpc) is 2.84. The van der Waals surface area contributed by atoms with Gasteiger partial charge in [-0.05, 0) is 43.9 Å². The van der Waals surface area contributed by atoms with Gasteiger partial charge < -0.3 is 14.2 Å². The molecule has 0 aliphatic rings. The molecule has 0 radical (unpaired) electrons. The van der Waals surface area contributed by atoms with Crippen molar-refractivity contribution in [2.45, 2.75) is 52.8 Å². The maximum atomic E-state index is 14.2. The van der Waals surface area contributed by atoms with Crippen LogP contribution in [0.1, 0.15) is 40.5 Å². The van der Waals surface area contributed by atoms with E-state index in [0.717, 1.165) is 13.0 Å². The van der Waals surface area contributed by atoms with E-state index in [1.54, 1.807) is 6.92 Å². The number of allylic oxidation sites excluding steroid dienone is 6. The zero-order valence-electron chi connectivity index (χ0n) is 20.8. The third kappa shape index (κ3) is 10.7. The third-order valence-corrected chi connectivity index (χ3v) is 5.22. The van der Waals surface area contributed by atoms with Crippen molar-refractivity contribution in [3.63, 3.8) is 0 Å². The van der Waals surface area contributed by atoms with E-state index >= 15 is 0 Å². The van der Waals surface area contributed by atoms with Crippen molar-refractivity contribution < 1.29 is 31.8 Å². The minimum atomic E-state index is -4.41. The molecule has 0 amide bonds. The lowest BCUT2D eigenvalue weighted by Gasteiger charge is -2.19. The van der Waals surface area contributed by atoms with E-state index in [1.807, 2.05) is 13.8 Å². The number of hydrogen-bond donors (Lipinski definition) is 0. The molecule has 0 saturated carbocycles. The molecule has 0 bridgehead atoms. The van der Waals surface area contributed by atoms with Crippen molar-refractivity contribution >= 4 is 11.6 Å². The molecule has 0 aliphatic carbocycles. The molecule has 1 rings (SSSR count). The second kappa shape index (κ2) is 15.1. The highest BCUT2D eigenvalue weighted by Crippen LogP contribution is 2.29. The highest BCUT2D eigenvalue weighted by molar-refractivity contribution is 6.30. The zero-order chi connectivity index (χ0) is 27.3. The summed E-state index contributed by atoms with van der Waals surface area (Å²) in [6, 6.07) is 1.52. The first-order valence-corrected chi connectivity index (χ1v) is 11.5. The fourth-order valence-electron chi connectivity index (χ4n) is 2.37. The van der Waals surface area contributed by atoms with Crippen LogP contribution in [-0.4, -0.2) is 35.7 Å². The third-order valence-electron chi connectivity index (χ3n) is 4.87. The molecule has 1 heterocycles. The largest absolute Gasteiger partial charge is 0.490 e. The molecule has 198 valence electrons. The summed E-state index contributed by atoms with van der Waals surface area (Å²) in [5.74, 6) is 0.0313. The summed E-state index contributed by atoms with van der Waals surface area (Å²) in [5, 5.41) is 7.85. The summed E-state index contributed by atoms with van der Waals surface area (Å²) in [7, 11) is 0. The van der Waals surface area contributed by atoms with Crippen molar-refractivity contribution in [3.8, 4) is 11.6 Å². The van der Waals surface area contributed by atoms with E-state index in [1.165, 1.54) is 30.5 Å². The lowest BCUT2D eigenvalue weighted by atomic mass is 10.2. The molecular formula is C26H31ClF4N2O3. The van der Waals surface area contributed by atoms with Gasteiger partial charge in [-0.2, -0.15) is 18.3 Å². The van der Waals surface area contributed by atoms with Crippen LogP contribution >= 0.6 is 11.6 Å². The van der Waals surface area contributed by atoms with Gasteiger partial charge in [0.1, 0.15) is 30.9 Å². The van der Waals surface area contributed by atoms with Crippen LogP contribution in [0.25, 0.3) is 0 Å². The van der Waals surface area contributed by atoms with Gasteiger partial charge in [-0.25, -0.2) is 4.39 Å². The van der Waals surface area contributed by atoms with Crippen LogP contribution in [0, 0.1) is 0 Å². The van der Waals surface area contributed by atoms with Crippen LogP contribution in [0.2, 0.25) is 0 Å². The van der Waals surface area contributed by atoms with E-state index in [4.69, 9.17) is 25.8 Å². The molecule has 36 heavy (non-hydrogen) atoms. The number of nitrogens with zero attached hydrogens (tertiary/aromatic N) is 2. The Morgan fingerprint density at radius 1 is 1.19 bits per heavy atom. The molecule has 0 saturated heterocycles. The van der Waals surface area contributed by atoms with Crippen LogP contribution in [0.15, 0.2) is 83.1 Å². The molecule has 1 unspecified atom stereocenters. The number of aromatic nitrogens is 2. The fourth-order valence-corrected chi connectivity index (χ4v) is 2.66. The molecule has 10 heteroatoms. The summed E-state index contributed by atoms with van der Waals surface area (Å²) >= 11 is 6.30. The monoisotopic (exact) mass is 530 g/mol. The summed E-state index contributed by atoms with van der Waals surface area (Å²) in [4.78, 5) is 0. The Bertz CT molecular complexity index is 1030. The summed E-state index contributed by atoms with van der Waals surface area (Å²) in [6.07, 6.45) is 2.16. The maximum Gasteiger partial charge on any atom is 0.412 e. The molecule has 0 aliphatic heterocycles. The topological polar surface area (TPSA) is 53.5 Å². The zero-order valence-corrected chi connectivity index (χ0v) is 21.5. The standard InChI is InChI=1S/C26H31ClF4N2O3/c1-7-17(4)22(28)14-21(27)23(9-3)36-24-12-13-32-33-25(24)35-15-19(6)34-16-20(8-2)11-10-18(5)26(29,30)31/h8,10-14,23H,2,6-7,9,15-16H2,1,3-5H3/b18-10+,20-11+,21-14+,22-17-. The maximum absolute atomic E-state index is 14.2. The highest BCUT2D eigenvalue weighted by atomic mass is 35.5. The Hall–Kier alpha value is -3.07. The molecule has 1 aromatic rings. The van der Waals surface area contributed by atoms with Crippen molar-refractivity contribution in [1.82, 2.24) is 10.2 Å².